The first kappa shape index (κ1) is 23.2. The highest BCUT2D eigenvalue weighted by molar-refractivity contribution is 9.10. The lowest BCUT2D eigenvalue weighted by Crippen LogP contribution is -2.38. The van der Waals surface area contributed by atoms with Crippen LogP contribution < -0.4 is 4.90 Å². The highest BCUT2D eigenvalue weighted by atomic mass is 79.9. The molecule has 0 atom stereocenters. The summed E-state index contributed by atoms with van der Waals surface area (Å²) in [7, 11) is -2.02. The first-order valence-electron chi connectivity index (χ1n) is 10.4. The van der Waals surface area contributed by atoms with Crippen LogP contribution in [0.3, 0.4) is 0 Å². The van der Waals surface area contributed by atoms with Gasteiger partial charge in [0.15, 0.2) is 5.03 Å². The maximum atomic E-state index is 13.5. The van der Waals surface area contributed by atoms with Crippen molar-refractivity contribution >= 4 is 31.6 Å². The van der Waals surface area contributed by atoms with Crippen LogP contribution in [0, 0.1) is 0 Å². The van der Waals surface area contributed by atoms with E-state index in [1.165, 1.54) is 16.8 Å². The van der Waals surface area contributed by atoms with E-state index < -0.39 is 10.0 Å². The quantitative estimate of drug-likeness (QED) is 0.338. The van der Waals surface area contributed by atoms with E-state index in [0.717, 1.165) is 21.4 Å². The van der Waals surface area contributed by atoms with Crippen LogP contribution in [0.25, 0.3) is 0 Å². The van der Waals surface area contributed by atoms with Gasteiger partial charge < -0.3 is 14.5 Å². The molecule has 172 valence electrons. The number of H-pyrrole nitrogens is 1. The average molecular weight is 529 g/mol. The van der Waals surface area contributed by atoms with Crippen molar-refractivity contribution in [2.24, 2.45) is 7.05 Å². The maximum absolute atomic E-state index is 13.5. The first-order chi connectivity index (χ1) is 15.9. The monoisotopic (exact) mass is 528 g/mol. The Labute approximate surface area is 202 Å². The number of rotatable bonds is 10. The summed E-state index contributed by atoms with van der Waals surface area (Å²) in [6, 6.07) is 17.6. The predicted octanol–water partition coefficient (Wildman–Crippen LogP) is 3.80. The smallest absolute Gasteiger partial charge is 0.262 e. The Morgan fingerprint density at radius 1 is 1.03 bits per heavy atom. The molecule has 0 radical (unpaired) electrons. The molecule has 8 nitrogen and oxygen atoms in total. The number of nitrogens with zero attached hydrogens (tertiary/aromatic N) is 5. The van der Waals surface area contributed by atoms with Crippen molar-refractivity contribution in [3.63, 3.8) is 0 Å². The second-order valence-corrected chi connectivity index (χ2v) is 10.5. The Kier molecular flexibility index (Phi) is 7.26. The number of aromatic nitrogens is 4. The van der Waals surface area contributed by atoms with E-state index in [9.17, 15) is 8.42 Å². The van der Waals surface area contributed by atoms with E-state index in [-0.39, 0.29) is 18.1 Å². The van der Waals surface area contributed by atoms with Gasteiger partial charge in [0.25, 0.3) is 10.0 Å². The van der Waals surface area contributed by atoms with Crippen molar-refractivity contribution in [2.75, 3.05) is 18.0 Å². The fourth-order valence-electron chi connectivity index (χ4n) is 3.49. The van der Waals surface area contributed by atoms with Crippen LogP contribution >= 0.6 is 15.9 Å². The number of sulfonamides is 1. The lowest BCUT2D eigenvalue weighted by molar-refractivity contribution is 0.407. The van der Waals surface area contributed by atoms with Crippen molar-refractivity contribution in [1.29, 1.82) is 0 Å². The maximum Gasteiger partial charge on any atom is 0.262 e. The molecule has 33 heavy (non-hydrogen) atoms. The van der Waals surface area contributed by atoms with Gasteiger partial charge >= 0.3 is 0 Å². The zero-order chi connectivity index (χ0) is 23.3. The third-order valence-electron chi connectivity index (χ3n) is 5.21. The molecule has 2 heterocycles. The Morgan fingerprint density at radius 3 is 2.42 bits per heavy atom. The number of anilines is 1. The molecule has 1 N–H and O–H groups in total. The van der Waals surface area contributed by atoms with Gasteiger partial charge in [0.1, 0.15) is 0 Å². The molecule has 0 spiro atoms. The number of aryl methyl sites for hydroxylation is 1. The van der Waals surface area contributed by atoms with Crippen molar-refractivity contribution in [2.45, 2.75) is 18.1 Å². The molecule has 4 aromatic rings. The molecule has 0 aliphatic carbocycles. The molecule has 4 rings (SSSR count). The second kappa shape index (κ2) is 10.3. The topological polar surface area (TPSA) is 87.1 Å². The number of hydrogen-bond acceptors (Lipinski definition) is 5. The summed E-state index contributed by atoms with van der Waals surface area (Å²) < 4.78 is 31.1. The largest absolute Gasteiger partial charge is 0.364 e. The number of imidazole rings is 2. The molecular weight excluding hydrogens is 504 g/mol. The van der Waals surface area contributed by atoms with E-state index in [0.29, 0.717) is 13.1 Å². The molecule has 0 saturated carbocycles. The third-order valence-corrected chi connectivity index (χ3v) is 7.47. The van der Waals surface area contributed by atoms with E-state index in [4.69, 9.17) is 0 Å². The molecular formula is C23H25BrN6O2S. The minimum absolute atomic E-state index is 0.0460. The number of aromatic amines is 1. The Hall–Kier alpha value is -2.95. The molecule has 0 saturated heterocycles. The van der Waals surface area contributed by atoms with Gasteiger partial charge in [-0.25, -0.2) is 18.4 Å². The van der Waals surface area contributed by atoms with Crippen molar-refractivity contribution < 1.29 is 8.42 Å². The lowest BCUT2D eigenvalue weighted by atomic mass is 10.2. The van der Waals surface area contributed by atoms with Gasteiger partial charge in [0.05, 0.1) is 24.9 Å². The third kappa shape index (κ3) is 5.89. The van der Waals surface area contributed by atoms with Gasteiger partial charge in [-0.1, -0.05) is 46.3 Å². The van der Waals surface area contributed by atoms with E-state index in [1.807, 2.05) is 54.6 Å². The normalized spacial score (nSPS) is 11.7. The number of halogens is 1. The summed E-state index contributed by atoms with van der Waals surface area (Å²) in [6.07, 6.45) is 6.45. The van der Waals surface area contributed by atoms with Crippen LogP contribution in [0.1, 0.15) is 11.3 Å². The highest BCUT2D eigenvalue weighted by Crippen LogP contribution is 2.22. The van der Waals surface area contributed by atoms with Crippen molar-refractivity contribution in [3.8, 4) is 0 Å². The van der Waals surface area contributed by atoms with E-state index in [2.05, 4.69) is 35.8 Å². The predicted molar refractivity (Wildman–Crippen MR) is 131 cm³/mol. The summed E-state index contributed by atoms with van der Waals surface area (Å²) in [4.78, 5) is 13.5. The van der Waals surface area contributed by atoms with Crippen LogP contribution in [-0.2, 0) is 30.2 Å². The lowest BCUT2D eigenvalue weighted by Gasteiger charge is -2.28. The Morgan fingerprint density at radius 2 is 1.79 bits per heavy atom. The number of benzene rings is 2. The van der Waals surface area contributed by atoms with Gasteiger partial charge in [0.2, 0.25) is 0 Å². The van der Waals surface area contributed by atoms with Gasteiger partial charge in [-0.3, -0.25) is 0 Å². The molecule has 0 bridgehead atoms. The minimum Gasteiger partial charge on any atom is -0.364 e. The van der Waals surface area contributed by atoms with Crippen LogP contribution in [0.5, 0.6) is 0 Å². The summed E-state index contributed by atoms with van der Waals surface area (Å²) >= 11 is 3.48. The number of hydrogen-bond donors (Lipinski definition) is 1. The van der Waals surface area contributed by atoms with E-state index in [1.54, 1.807) is 24.1 Å². The SMILES string of the molecule is Cn1cnc(S(=O)(=O)N(CCN(Cc2cnc[nH]2)c2ccc(Br)cc2)Cc2ccccc2)c1. The Balaban J connectivity index is 1.60. The van der Waals surface area contributed by atoms with Crippen molar-refractivity contribution in [1.82, 2.24) is 23.8 Å². The standard InChI is InChI=1S/C23H25BrN6O2S/c1-28-16-23(27-18-28)33(31,32)30(14-19-5-3-2-4-6-19)12-11-29(15-21-13-25-17-26-21)22-9-7-20(24)8-10-22/h2-10,13,16-18H,11-12,14-15H2,1H3,(H,25,26). The fraction of sp³-hybridized carbons (Fsp3) is 0.217. The fourth-order valence-corrected chi connectivity index (χ4v) is 5.14. The number of nitrogens with one attached hydrogen (secondary N) is 1. The van der Waals surface area contributed by atoms with Crippen molar-refractivity contribution in [3.05, 3.63) is 95.4 Å². The highest BCUT2D eigenvalue weighted by Gasteiger charge is 2.27. The second-order valence-electron chi connectivity index (χ2n) is 7.68. The molecule has 0 unspecified atom stereocenters. The molecule has 0 amide bonds. The molecule has 0 fully saturated rings. The molecule has 10 heteroatoms. The van der Waals surface area contributed by atoms with Crippen LogP contribution in [0.2, 0.25) is 0 Å². The summed E-state index contributed by atoms with van der Waals surface area (Å²) in [5.41, 5.74) is 2.85. The van der Waals surface area contributed by atoms with Crippen LogP contribution in [-0.4, -0.2) is 45.3 Å². The van der Waals surface area contributed by atoms with Crippen LogP contribution in [0.4, 0.5) is 5.69 Å². The van der Waals surface area contributed by atoms with Gasteiger partial charge in [-0.15, -0.1) is 0 Å². The molecule has 2 aromatic carbocycles. The first-order valence-corrected chi connectivity index (χ1v) is 12.6. The van der Waals surface area contributed by atoms with E-state index >= 15 is 0 Å². The summed E-state index contributed by atoms with van der Waals surface area (Å²) in [5, 5.41) is 0.0460. The average Bonchev–Trinajstić information content (AvgIpc) is 3.49. The molecule has 0 aliphatic rings. The zero-order valence-corrected chi connectivity index (χ0v) is 20.6. The minimum atomic E-state index is -3.78. The Bertz CT molecular complexity index is 1260. The van der Waals surface area contributed by atoms with Gasteiger partial charge in [-0.05, 0) is 29.8 Å². The summed E-state index contributed by atoms with van der Waals surface area (Å²) in [5.74, 6) is 0. The molecule has 0 aliphatic heterocycles. The van der Waals surface area contributed by atoms with Gasteiger partial charge in [-0.2, -0.15) is 4.31 Å². The zero-order valence-electron chi connectivity index (χ0n) is 18.2. The summed E-state index contributed by atoms with van der Waals surface area (Å²) in [6.45, 7) is 1.61. The molecule has 2 aromatic heterocycles. The van der Waals surface area contributed by atoms with Crippen LogP contribution in [0.15, 0.2) is 89.1 Å². The van der Waals surface area contributed by atoms with Gasteiger partial charge in [0, 0.05) is 49.2 Å².